The van der Waals surface area contributed by atoms with Crippen LogP contribution in [0.15, 0.2) is 12.3 Å². The maximum atomic E-state index is 13.2. The first-order chi connectivity index (χ1) is 14.5. The molecule has 30 heavy (non-hydrogen) atoms. The fraction of sp³-hybridized carbons (Fsp3) is 0.696. The van der Waals surface area contributed by atoms with E-state index in [0.29, 0.717) is 23.8 Å². The number of carbonyl (C=O) groups excluding carboxylic acids is 1. The van der Waals surface area contributed by atoms with Gasteiger partial charge in [-0.3, -0.25) is 4.79 Å². The van der Waals surface area contributed by atoms with Crippen molar-refractivity contribution in [1.29, 1.82) is 0 Å². The largest absolute Gasteiger partial charge is 0.354 e. The predicted octanol–water partition coefficient (Wildman–Crippen LogP) is 2.14. The molecule has 162 valence electrons. The van der Waals surface area contributed by atoms with Crippen molar-refractivity contribution in [2.24, 2.45) is 17.8 Å². The van der Waals surface area contributed by atoms with Crippen LogP contribution < -0.4 is 10.2 Å². The minimum Gasteiger partial charge on any atom is -0.354 e. The van der Waals surface area contributed by atoms with Gasteiger partial charge in [-0.15, -0.1) is 0 Å². The van der Waals surface area contributed by atoms with Crippen LogP contribution >= 0.6 is 0 Å². The Morgan fingerprint density at radius 1 is 1.13 bits per heavy atom. The molecule has 3 aliphatic rings. The Morgan fingerprint density at radius 2 is 1.87 bits per heavy atom. The second kappa shape index (κ2) is 7.84. The van der Waals surface area contributed by atoms with Crippen molar-refractivity contribution >= 4 is 17.4 Å². The average Bonchev–Trinajstić information content (AvgIpc) is 3.01. The molecule has 4 heterocycles. The number of hydrogen-bond acceptors (Lipinski definition) is 5. The number of fused-ring (bicyclic) bond motifs is 2. The third-order valence-corrected chi connectivity index (χ3v) is 7.36. The van der Waals surface area contributed by atoms with E-state index >= 15 is 0 Å². The smallest absolute Gasteiger partial charge is 0.229 e. The number of carbonyl (C=O) groups is 1. The maximum Gasteiger partial charge on any atom is 0.229 e. The number of aromatic nitrogens is 3. The normalized spacial score (nSPS) is 27.4. The molecule has 0 bridgehead atoms. The zero-order valence-corrected chi connectivity index (χ0v) is 18.5. The summed E-state index contributed by atoms with van der Waals surface area (Å²) in [6.45, 7) is 8.13. The van der Waals surface area contributed by atoms with Crippen molar-refractivity contribution in [2.45, 2.75) is 52.0 Å². The van der Waals surface area contributed by atoms with Gasteiger partial charge in [0.15, 0.2) is 5.65 Å². The first-order valence-corrected chi connectivity index (χ1v) is 11.6. The summed E-state index contributed by atoms with van der Waals surface area (Å²) in [4.78, 5) is 22.5. The lowest BCUT2D eigenvalue weighted by Crippen LogP contribution is -2.57. The molecule has 1 aliphatic carbocycles. The topological polar surface area (TPSA) is 65.8 Å². The Labute approximate surface area is 178 Å². The molecular weight excluding hydrogens is 376 g/mol. The number of rotatable bonds is 3. The van der Waals surface area contributed by atoms with Crippen LogP contribution in [0.1, 0.15) is 44.4 Å². The molecule has 2 aromatic rings. The Morgan fingerprint density at radius 3 is 2.63 bits per heavy atom. The number of nitrogens with one attached hydrogen (secondary N) is 1. The van der Waals surface area contributed by atoms with E-state index in [4.69, 9.17) is 4.98 Å². The van der Waals surface area contributed by atoms with E-state index in [9.17, 15) is 4.79 Å². The molecule has 2 aromatic heterocycles. The summed E-state index contributed by atoms with van der Waals surface area (Å²) in [7, 11) is 2.02. The van der Waals surface area contributed by atoms with Crippen molar-refractivity contribution in [2.75, 3.05) is 38.1 Å². The van der Waals surface area contributed by atoms with E-state index in [1.807, 2.05) is 23.8 Å². The van der Waals surface area contributed by atoms with Gasteiger partial charge in [0.1, 0.15) is 5.82 Å². The lowest BCUT2D eigenvalue weighted by molar-refractivity contribution is -0.138. The molecule has 0 aromatic carbocycles. The standard InChI is InChI=1S/C23H34N6O/c1-15-10-16(2)12-18(11-15)27(3)23(30)17-13-28(14-17)22-19-4-7-24-8-5-20(19)26-21-6-9-25-29(21)22/h6,9,15-18,24H,4-5,7-8,10-14H2,1-3H3. The Kier molecular flexibility index (Phi) is 5.17. The highest BCUT2D eigenvalue weighted by molar-refractivity contribution is 5.82. The monoisotopic (exact) mass is 410 g/mol. The van der Waals surface area contributed by atoms with E-state index in [2.05, 4.69) is 34.1 Å². The van der Waals surface area contributed by atoms with Gasteiger partial charge in [0, 0.05) is 50.8 Å². The van der Waals surface area contributed by atoms with Gasteiger partial charge in [-0.25, -0.2) is 4.98 Å². The van der Waals surface area contributed by atoms with Gasteiger partial charge in [-0.05, 0) is 44.1 Å². The lowest BCUT2D eigenvalue weighted by Gasteiger charge is -2.45. The average molecular weight is 411 g/mol. The van der Waals surface area contributed by atoms with Gasteiger partial charge in [0.2, 0.25) is 5.91 Å². The lowest BCUT2D eigenvalue weighted by atomic mass is 9.79. The van der Waals surface area contributed by atoms with Crippen LogP contribution in [0.4, 0.5) is 5.82 Å². The predicted molar refractivity (Wildman–Crippen MR) is 118 cm³/mol. The minimum atomic E-state index is 0.0841. The van der Waals surface area contributed by atoms with Gasteiger partial charge < -0.3 is 15.1 Å². The molecular formula is C23H34N6O. The number of amides is 1. The number of nitrogens with zero attached hydrogens (tertiary/aromatic N) is 5. The zero-order valence-electron chi connectivity index (χ0n) is 18.5. The van der Waals surface area contributed by atoms with Gasteiger partial charge in [0.05, 0.1) is 17.8 Å². The third-order valence-electron chi connectivity index (χ3n) is 7.36. The molecule has 2 atom stereocenters. The summed E-state index contributed by atoms with van der Waals surface area (Å²) < 4.78 is 1.97. The number of hydrogen-bond donors (Lipinski definition) is 1. The summed E-state index contributed by atoms with van der Waals surface area (Å²) >= 11 is 0. The molecule has 1 N–H and O–H groups in total. The van der Waals surface area contributed by atoms with Gasteiger partial charge in [-0.2, -0.15) is 9.61 Å². The fourth-order valence-corrected chi connectivity index (χ4v) is 5.84. The number of anilines is 1. The highest BCUT2D eigenvalue weighted by Gasteiger charge is 2.40. The van der Waals surface area contributed by atoms with Gasteiger partial charge in [0.25, 0.3) is 0 Å². The third kappa shape index (κ3) is 3.47. The molecule has 2 aliphatic heterocycles. The Bertz CT molecular complexity index is 923. The van der Waals surface area contributed by atoms with E-state index in [1.165, 1.54) is 17.7 Å². The SMILES string of the molecule is CC1CC(C)CC(N(C)C(=O)C2CN(c3c4c(nc5ccnn35)CCNCC4)C2)C1. The molecule has 0 spiro atoms. The van der Waals surface area contributed by atoms with E-state index in [-0.39, 0.29) is 5.92 Å². The van der Waals surface area contributed by atoms with Crippen LogP contribution in [0.3, 0.4) is 0 Å². The highest BCUT2D eigenvalue weighted by atomic mass is 16.2. The van der Waals surface area contributed by atoms with Crippen LogP contribution in [-0.2, 0) is 17.6 Å². The summed E-state index contributed by atoms with van der Waals surface area (Å²) in [5, 5.41) is 8.03. The molecule has 2 fully saturated rings. The van der Waals surface area contributed by atoms with Crippen molar-refractivity contribution in [3.05, 3.63) is 23.5 Å². The van der Waals surface area contributed by atoms with Crippen LogP contribution in [0.25, 0.3) is 5.65 Å². The fourth-order valence-electron chi connectivity index (χ4n) is 5.84. The molecule has 1 saturated carbocycles. The van der Waals surface area contributed by atoms with Crippen LogP contribution in [0.5, 0.6) is 0 Å². The molecule has 1 saturated heterocycles. The van der Waals surface area contributed by atoms with Crippen molar-refractivity contribution in [3.8, 4) is 0 Å². The van der Waals surface area contributed by atoms with Gasteiger partial charge >= 0.3 is 0 Å². The second-order valence-corrected chi connectivity index (χ2v) is 9.83. The van der Waals surface area contributed by atoms with Crippen LogP contribution in [0.2, 0.25) is 0 Å². The summed E-state index contributed by atoms with van der Waals surface area (Å²) in [6.07, 6.45) is 7.30. The summed E-state index contributed by atoms with van der Waals surface area (Å²) in [5.41, 5.74) is 3.38. The molecule has 5 rings (SSSR count). The van der Waals surface area contributed by atoms with E-state index in [0.717, 1.165) is 63.3 Å². The quantitative estimate of drug-likeness (QED) is 0.840. The maximum absolute atomic E-state index is 13.2. The minimum absolute atomic E-state index is 0.0841. The Balaban J connectivity index is 1.33. The van der Waals surface area contributed by atoms with Crippen molar-refractivity contribution in [1.82, 2.24) is 24.8 Å². The van der Waals surface area contributed by atoms with E-state index < -0.39 is 0 Å². The first kappa shape index (κ1) is 19.8. The van der Waals surface area contributed by atoms with Crippen LogP contribution in [0, 0.1) is 17.8 Å². The Hall–Kier alpha value is -2.15. The highest BCUT2D eigenvalue weighted by Crippen LogP contribution is 2.35. The molecule has 7 nitrogen and oxygen atoms in total. The molecule has 2 unspecified atom stereocenters. The first-order valence-electron chi connectivity index (χ1n) is 11.6. The van der Waals surface area contributed by atoms with Gasteiger partial charge in [-0.1, -0.05) is 13.8 Å². The molecule has 1 amide bonds. The van der Waals surface area contributed by atoms with Crippen molar-refractivity contribution in [3.63, 3.8) is 0 Å². The summed E-state index contributed by atoms with van der Waals surface area (Å²) in [6, 6.07) is 2.37. The second-order valence-electron chi connectivity index (χ2n) is 9.83. The zero-order chi connectivity index (χ0) is 20.8. The summed E-state index contributed by atoms with van der Waals surface area (Å²) in [5.74, 6) is 2.97. The van der Waals surface area contributed by atoms with E-state index in [1.54, 1.807) is 0 Å². The van der Waals surface area contributed by atoms with Crippen molar-refractivity contribution < 1.29 is 4.79 Å². The molecule has 0 radical (unpaired) electrons. The molecule has 7 heteroatoms. The van der Waals surface area contributed by atoms with Crippen LogP contribution in [-0.4, -0.2) is 64.7 Å².